The third-order valence-electron chi connectivity index (χ3n) is 4.46. The molecular weight excluding hydrogens is 376 g/mol. The summed E-state index contributed by atoms with van der Waals surface area (Å²) >= 11 is 5.92. The average molecular weight is 393 g/mol. The Hall–Kier alpha value is -3.38. The van der Waals surface area contributed by atoms with Gasteiger partial charge in [-0.2, -0.15) is 0 Å². The van der Waals surface area contributed by atoms with Crippen LogP contribution in [0.5, 0.6) is 5.88 Å². The highest BCUT2D eigenvalue weighted by Crippen LogP contribution is 2.29. The zero-order valence-corrected chi connectivity index (χ0v) is 15.6. The lowest BCUT2D eigenvalue weighted by atomic mass is 10.1. The average Bonchev–Trinajstić information content (AvgIpc) is 3.03. The van der Waals surface area contributed by atoms with Gasteiger partial charge < -0.3 is 15.0 Å². The van der Waals surface area contributed by atoms with Crippen molar-refractivity contribution in [1.82, 2.24) is 19.9 Å². The third kappa shape index (κ3) is 3.82. The molecule has 2 aromatic carbocycles. The topological polar surface area (TPSA) is 80.0 Å². The van der Waals surface area contributed by atoms with Gasteiger partial charge in [-0.25, -0.2) is 9.97 Å². The summed E-state index contributed by atoms with van der Waals surface area (Å²) in [6, 6.07) is 12.7. The molecule has 7 heteroatoms. The molecule has 0 fully saturated rings. The molecule has 2 heterocycles. The fourth-order valence-corrected chi connectivity index (χ4v) is 3.13. The predicted molar refractivity (Wildman–Crippen MR) is 107 cm³/mol. The van der Waals surface area contributed by atoms with Crippen LogP contribution < -0.4 is 5.32 Å². The van der Waals surface area contributed by atoms with Crippen molar-refractivity contribution in [2.24, 2.45) is 0 Å². The number of benzene rings is 2. The summed E-state index contributed by atoms with van der Waals surface area (Å²) in [7, 11) is 0. The van der Waals surface area contributed by atoms with Gasteiger partial charge in [0.25, 0.3) is 5.91 Å². The lowest BCUT2D eigenvalue weighted by Crippen LogP contribution is -2.22. The Morgan fingerprint density at radius 1 is 1.07 bits per heavy atom. The van der Waals surface area contributed by atoms with Crippen LogP contribution in [0.4, 0.5) is 0 Å². The Kier molecular flexibility index (Phi) is 4.95. The van der Waals surface area contributed by atoms with Crippen LogP contribution in [0.2, 0.25) is 5.02 Å². The van der Waals surface area contributed by atoms with Crippen LogP contribution in [0.25, 0.3) is 10.8 Å². The largest absolute Gasteiger partial charge is 0.494 e. The first kappa shape index (κ1) is 18.0. The molecule has 0 spiro atoms. The van der Waals surface area contributed by atoms with Gasteiger partial charge in [0.05, 0.1) is 6.54 Å². The quantitative estimate of drug-likeness (QED) is 0.541. The molecule has 2 aromatic heterocycles. The van der Waals surface area contributed by atoms with E-state index < -0.39 is 0 Å². The van der Waals surface area contributed by atoms with Gasteiger partial charge >= 0.3 is 0 Å². The van der Waals surface area contributed by atoms with Gasteiger partial charge in [0.15, 0.2) is 5.88 Å². The number of carbonyl (C=O) groups excluding carboxylic acids is 1. The second-order valence-corrected chi connectivity index (χ2v) is 6.87. The molecule has 0 aliphatic carbocycles. The maximum atomic E-state index is 12.4. The van der Waals surface area contributed by atoms with E-state index in [1.807, 2.05) is 36.5 Å². The van der Waals surface area contributed by atoms with Crippen molar-refractivity contribution in [3.8, 4) is 5.88 Å². The molecule has 0 unspecified atom stereocenters. The van der Waals surface area contributed by atoms with Gasteiger partial charge in [-0.3, -0.25) is 4.79 Å². The molecule has 0 radical (unpaired) electrons. The smallest absolute Gasteiger partial charge is 0.251 e. The summed E-state index contributed by atoms with van der Waals surface area (Å²) < 4.78 is 1.75. The standard InChI is InChI=1S/C21H17ClN4O2/c22-18-5-1-14(2-6-18)11-26-12-17-4-3-16(7-19(17)21(26)28)20(27)25-10-15-8-23-13-24-9-15/h1-9,12-13,28H,10-11H2,(H,25,27). The molecule has 1 amide bonds. The third-order valence-corrected chi connectivity index (χ3v) is 4.71. The van der Waals surface area contributed by atoms with Crippen LogP contribution >= 0.6 is 11.6 Å². The van der Waals surface area contributed by atoms with Crippen molar-refractivity contribution in [1.29, 1.82) is 0 Å². The summed E-state index contributed by atoms with van der Waals surface area (Å²) in [5.41, 5.74) is 2.31. The number of fused-ring (bicyclic) bond motifs is 1. The molecule has 0 aliphatic heterocycles. The number of rotatable bonds is 5. The van der Waals surface area contributed by atoms with E-state index in [4.69, 9.17) is 11.6 Å². The van der Waals surface area contributed by atoms with Crippen LogP contribution in [-0.2, 0) is 13.1 Å². The van der Waals surface area contributed by atoms with Crippen LogP contribution in [0, 0.1) is 0 Å². The number of amides is 1. The summed E-state index contributed by atoms with van der Waals surface area (Å²) in [4.78, 5) is 20.3. The minimum atomic E-state index is -0.226. The Morgan fingerprint density at radius 2 is 1.82 bits per heavy atom. The van der Waals surface area contributed by atoms with Crippen LogP contribution in [0.3, 0.4) is 0 Å². The molecule has 4 aromatic rings. The molecule has 0 saturated carbocycles. The normalized spacial score (nSPS) is 10.9. The van der Waals surface area contributed by atoms with Gasteiger partial charge in [0.1, 0.15) is 6.33 Å². The van der Waals surface area contributed by atoms with Gasteiger partial charge in [0, 0.05) is 52.1 Å². The molecular formula is C21H17ClN4O2. The fraction of sp³-hybridized carbons (Fsp3) is 0.0952. The minimum absolute atomic E-state index is 0.121. The first-order chi connectivity index (χ1) is 13.6. The zero-order chi connectivity index (χ0) is 19.5. The van der Waals surface area contributed by atoms with E-state index >= 15 is 0 Å². The highest BCUT2D eigenvalue weighted by Gasteiger charge is 2.12. The molecule has 0 saturated heterocycles. The van der Waals surface area contributed by atoms with E-state index in [0.29, 0.717) is 29.1 Å². The van der Waals surface area contributed by atoms with Crippen molar-refractivity contribution in [2.75, 3.05) is 0 Å². The molecule has 140 valence electrons. The highest BCUT2D eigenvalue weighted by molar-refractivity contribution is 6.30. The lowest BCUT2D eigenvalue weighted by molar-refractivity contribution is 0.0951. The second-order valence-electron chi connectivity index (χ2n) is 6.44. The number of hydrogen-bond donors (Lipinski definition) is 2. The number of carbonyl (C=O) groups is 1. The van der Waals surface area contributed by atoms with Gasteiger partial charge in [0.2, 0.25) is 0 Å². The molecule has 0 atom stereocenters. The van der Waals surface area contributed by atoms with E-state index in [9.17, 15) is 9.90 Å². The second kappa shape index (κ2) is 7.70. The number of halogens is 1. The Balaban J connectivity index is 1.54. The van der Waals surface area contributed by atoms with Crippen molar-refractivity contribution in [3.63, 3.8) is 0 Å². The molecule has 6 nitrogen and oxygen atoms in total. The SMILES string of the molecule is O=C(NCc1cncnc1)c1ccc2cn(Cc3ccc(Cl)cc3)c(O)c2c1. The Morgan fingerprint density at radius 3 is 2.57 bits per heavy atom. The zero-order valence-electron chi connectivity index (χ0n) is 14.8. The summed E-state index contributed by atoms with van der Waals surface area (Å²) in [6.07, 6.45) is 6.61. The number of hydrogen-bond acceptors (Lipinski definition) is 4. The van der Waals surface area contributed by atoms with Crippen molar-refractivity contribution >= 4 is 28.3 Å². The molecule has 0 bridgehead atoms. The first-order valence-corrected chi connectivity index (χ1v) is 9.06. The van der Waals surface area contributed by atoms with Crippen molar-refractivity contribution in [3.05, 3.63) is 89.1 Å². The maximum absolute atomic E-state index is 12.4. The molecule has 28 heavy (non-hydrogen) atoms. The van der Waals surface area contributed by atoms with Crippen LogP contribution in [0.15, 0.2) is 67.4 Å². The molecule has 0 aliphatic rings. The lowest BCUT2D eigenvalue weighted by Gasteiger charge is -2.06. The number of aromatic hydroxyl groups is 1. The van der Waals surface area contributed by atoms with Crippen LogP contribution in [-0.4, -0.2) is 25.5 Å². The summed E-state index contributed by atoms with van der Waals surface area (Å²) in [6.45, 7) is 0.842. The van der Waals surface area contributed by atoms with E-state index in [-0.39, 0.29) is 11.8 Å². The van der Waals surface area contributed by atoms with Gasteiger partial charge in [-0.1, -0.05) is 29.8 Å². The molecule has 4 rings (SSSR count). The first-order valence-electron chi connectivity index (χ1n) is 8.68. The monoisotopic (exact) mass is 392 g/mol. The van der Waals surface area contributed by atoms with Gasteiger partial charge in [-0.05, 0) is 29.8 Å². The fourth-order valence-electron chi connectivity index (χ4n) is 3.00. The summed E-state index contributed by atoms with van der Waals surface area (Å²) in [5.74, 6) is -0.105. The van der Waals surface area contributed by atoms with E-state index in [1.165, 1.54) is 6.33 Å². The van der Waals surface area contributed by atoms with Crippen molar-refractivity contribution < 1.29 is 9.90 Å². The molecule has 2 N–H and O–H groups in total. The minimum Gasteiger partial charge on any atom is -0.494 e. The van der Waals surface area contributed by atoms with Gasteiger partial charge in [-0.15, -0.1) is 0 Å². The van der Waals surface area contributed by atoms with E-state index in [1.54, 1.807) is 29.1 Å². The maximum Gasteiger partial charge on any atom is 0.251 e. The number of nitrogens with zero attached hydrogens (tertiary/aromatic N) is 3. The van der Waals surface area contributed by atoms with E-state index in [2.05, 4.69) is 15.3 Å². The Labute approximate surface area is 166 Å². The van der Waals surface area contributed by atoms with Crippen molar-refractivity contribution in [2.45, 2.75) is 13.1 Å². The summed E-state index contributed by atoms with van der Waals surface area (Å²) in [5, 5.41) is 15.6. The highest BCUT2D eigenvalue weighted by atomic mass is 35.5. The predicted octanol–water partition coefficient (Wildman–Crippen LogP) is 3.77. The number of aromatic nitrogens is 3. The van der Waals surface area contributed by atoms with Crippen LogP contribution in [0.1, 0.15) is 21.5 Å². The Bertz CT molecular complexity index is 1120. The van der Waals surface area contributed by atoms with E-state index in [0.717, 1.165) is 16.5 Å². The number of nitrogens with one attached hydrogen (secondary N) is 1.